The Morgan fingerprint density at radius 1 is 1.24 bits per heavy atom. The van der Waals surface area contributed by atoms with Crippen molar-refractivity contribution in [2.45, 2.75) is 52.5 Å². The van der Waals surface area contributed by atoms with Gasteiger partial charge in [-0.15, -0.1) is 0 Å². The number of halogens is 1. The molecule has 1 aromatic rings. The molecule has 1 atom stereocenters. The van der Waals surface area contributed by atoms with Crippen molar-refractivity contribution in [3.05, 3.63) is 33.8 Å². The lowest BCUT2D eigenvalue weighted by Gasteiger charge is -2.21. The number of rotatable bonds is 7. The molecule has 1 unspecified atom stereocenters. The average molecular weight is 298 g/mol. The first-order chi connectivity index (χ1) is 8.19. The summed E-state index contributed by atoms with van der Waals surface area (Å²) in [6.45, 7) is 7.78. The molecule has 0 amide bonds. The number of hydrogen-bond acceptors (Lipinski definition) is 1. The number of benzene rings is 1. The molecule has 0 radical (unpaired) electrons. The number of hydrogen-bond donors (Lipinski definition) is 1. The highest BCUT2D eigenvalue weighted by molar-refractivity contribution is 9.10. The van der Waals surface area contributed by atoms with Crippen LogP contribution in [0.5, 0.6) is 0 Å². The number of unbranched alkanes of at least 4 members (excludes halogenated alkanes) is 1. The topological polar surface area (TPSA) is 12.0 Å². The van der Waals surface area contributed by atoms with E-state index in [0.717, 1.165) is 6.54 Å². The molecule has 1 N–H and O–H groups in total. The molecule has 0 aliphatic rings. The van der Waals surface area contributed by atoms with Gasteiger partial charge in [0, 0.05) is 10.5 Å². The molecule has 1 rings (SSSR count). The summed E-state index contributed by atoms with van der Waals surface area (Å²) in [6.07, 6.45) is 4.98. The normalized spacial score (nSPS) is 12.7. The van der Waals surface area contributed by atoms with E-state index in [4.69, 9.17) is 0 Å². The van der Waals surface area contributed by atoms with Crippen LogP contribution in [0.25, 0.3) is 0 Å². The second kappa shape index (κ2) is 7.88. The van der Waals surface area contributed by atoms with Crippen LogP contribution >= 0.6 is 15.9 Å². The number of nitrogens with one attached hydrogen (secondary N) is 1. The fourth-order valence-corrected chi connectivity index (χ4v) is 2.60. The zero-order chi connectivity index (χ0) is 12.7. The van der Waals surface area contributed by atoms with Crippen LogP contribution in [0, 0.1) is 6.92 Å². The predicted molar refractivity (Wildman–Crippen MR) is 79.4 cm³/mol. The Labute approximate surface area is 114 Å². The Hall–Kier alpha value is -0.340. The fourth-order valence-electron chi connectivity index (χ4n) is 2.12. The van der Waals surface area contributed by atoms with Crippen LogP contribution in [-0.2, 0) is 0 Å². The summed E-state index contributed by atoms with van der Waals surface area (Å²) >= 11 is 3.53. The Morgan fingerprint density at radius 3 is 2.59 bits per heavy atom. The molecule has 1 nitrogen and oxygen atoms in total. The molecule has 0 saturated heterocycles. The second-order valence-corrected chi connectivity index (χ2v) is 5.57. The van der Waals surface area contributed by atoms with Gasteiger partial charge in [-0.2, -0.15) is 0 Å². The zero-order valence-corrected chi connectivity index (χ0v) is 12.8. The standard InChI is InChI=1S/C15H24BrN/c1-4-6-7-15(17-10-5-2)14-9-8-13(16)11-12(14)3/h8-9,11,15,17H,4-7,10H2,1-3H3. The van der Waals surface area contributed by atoms with E-state index < -0.39 is 0 Å². The van der Waals surface area contributed by atoms with E-state index in [-0.39, 0.29) is 0 Å². The van der Waals surface area contributed by atoms with Crippen molar-refractivity contribution in [2.75, 3.05) is 6.54 Å². The Bertz CT molecular complexity index is 328. The van der Waals surface area contributed by atoms with Crippen molar-refractivity contribution >= 4 is 15.9 Å². The van der Waals surface area contributed by atoms with Gasteiger partial charge in [0.05, 0.1) is 0 Å². The third kappa shape index (κ3) is 4.81. The van der Waals surface area contributed by atoms with Crippen molar-refractivity contribution in [3.8, 4) is 0 Å². The fraction of sp³-hybridized carbons (Fsp3) is 0.600. The summed E-state index contributed by atoms with van der Waals surface area (Å²) in [4.78, 5) is 0. The van der Waals surface area contributed by atoms with E-state index in [9.17, 15) is 0 Å². The summed E-state index contributed by atoms with van der Waals surface area (Å²) < 4.78 is 1.17. The van der Waals surface area contributed by atoms with Gasteiger partial charge in [0.2, 0.25) is 0 Å². The van der Waals surface area contributed by atoms with E-state index in [1.165, 1.54) is 41.3 Å². The van der Waals surface area contributed by atoms with Crippen LogP contribution < -0.4 is 5.32 Å². The van der Waals surface area contributed by atoms with Gasteiger partial charge in [0.1, 0.15) is 0 Å². The third-order valence-corrected chi connectivity index (χ3v) is 3.59. The third-order valence-electron chi connectivity index (χ3n) is 3.09. The van der Waals surface area contributed by atoms with Crippen LogP contribution in [0.3, 0.4) is 0 Å². The maximum atomic E-state index is 3.67. The van der Waals surface area contributed by atoms with Gasteiger partial charge in [-0.3, -0.25) is 0 Å². The Balaban J connectivity index is 2.79. The summed E-state index contributed by atoms with van der Waals surface area (Å²) in [5.41, 5.74) is 2.83. The molecular formula is C15H24BrN. The van der Waals surface area contributed by atoms with Crippen LogP contribution in [0.15, 0.2) is 22.7 Å². The van der Waals surface area contributed by atoms with Crippen molar-refractivity contribution in [2.24, 2.45) is 0 Å². The molecule has 0 spiro atoms. The molecule has 2 heteroatoms. The van der Waals surface area contributed by atoms with Crippen molar-refractivity contribution in [1.82, 2.24) is 5.32 Å². The SMILES string of the molecule is CCCCC(NCCC)c1ccc(Br)cc1C. The largest absolute Gasteiger partial charge is 0.310 e. The predicted octanol–water partition coefficient (Wildman–Crippen LogP) is 4.99. The molecule has 1 aromatic carbocycles. The first-order valence-electron chi connectivity index (χ1n) is 6.68. The maximum Gasteiger partial charge on any atom is 0.0322 e. The molecule has 0 heterocycles. The Morgan fingerprint density at radius 2 is 2.00 bits per heavy atom. The molecule has 0 aliphatic heterocycles. The first-order valence-corrected chi connectivity index (χ1v) is 7.47. The van der Waals surface area contributed by atoms with E-state index in [1.54, 1.807) is 0 Å². The van der Waals surface area contributed by atoms with E-state index in [1.807, 2.05) is 0 Å². The highest BCUT2D eigenvalue weighted by Crippen LogP contribution is 2.25. The quantitative estimate of drug-likeness (QED) is 0.748. The van der Waals surface area contributed by atoms with Gasteiger partial charge in [-0.1, -0.05) is 48.7 Å². The molecule has 0 aromatic heterocycles. The molecule has 0 saturated carbocycles. The van der Waals surface area contributed by atoms with Crippen LogP contribution in [0.1, 0.15) is 56.7 Å². The highest BCUT2D eigenvalue weighted by Gasteiger charge is 2.12. The van der Waals surface area contributed by atoms with Gasteiger partial charge in [0.25, 0.3) is 0 Å². The molecule has 0 aliphatic carbocycles. The van der Waals surface area contributed by atoms with Gasteiger partial charge < -0.3 is 5.32 Å². The lowest BCUT2D eigenvalue weighted by molar-refractivity contribution is 0.479. The van der Waals surface area contributed by atoms with Crippen molar-refractivity contribution in [1.29, 1.82) is 0 Å². The van der Waals surface area contributed by atoms with Crippen LogP contribution in [0.2, 0.25) is 0 Å². The molecule has 96 valence electrons. The second-order valence-electron chi connectivity index (χ2n) is 4.65. The monoisotopic (exact) mass is 297 g/mol. The first kappa shape index (κ1) is 14.7. The van der Waals surface area contributed by atoms with Gasteiger partial charge >= 0.3 is 0 Å². The molecule has 0 bridgehead atoms. The smallest absolute Gasteiger partial charge is 0.0322 e. The molecule has 17 heavy (non-hydrogen) atoms. The molecular weight excluding hydrogens is 274 g/mol. The van der Waals surface area contributed by atoms with Crippen molar-refractivity contribution in [3.63, 3.8) is 0 Å². The van der Waals surface area contributed by atoms with Crippen LogP contribution in [-0.4, -0.2) is 6.54 Å². The van der Waals surface area contributed by atoms with E-state index in [2.05, 4.69) is 60.2 Å². The van der Waals surface area contributed by atoms with Gasteiger partial charge in [-0.25, -0.2) is 0 Å². The summed E-state index contributed by atoms with van der Waals surface area (Å²) in [7, 11) is 0. The van der Waals surface area contributed by atoms with Crippen LogP contribution in [0.4, 0.5) is 0 Å². The minimum atomic E-state index is 0.517. The summed E-state index contributed by atoms with van der Waals surface area (Å²) in [5, 5.41) is 3.67. The van der Waals surface area contributed by atoms with Gasteiger partial charge in [-0.05, 0) is 49.6 Å². The van der Waals surface area contributed by atoms with E-state index in [0.29, 0.717) is 6.04 Å². The number of aryl methyl sites for hydroxylation is 1. The Kier molecular flexibility index (Phi) is 6.83. The van der Waals surface area contributed by atoms with Gasteiger partial charge in [0.15, 0.2) is 0 Å². The van der Waals surface area contributed by atoms with Crippen molar-refractivity contribution < 1.29 is 0 Å². The maximum absolute atomic E-state index is 3.67. The summed E-state index contributed by atoms with van der Waals surface area (Å²) in [6, 6.07) is 7.13. The molecule has 0 fully saturated rings. The lowest BCUT2D eigenvalue weighted by Crippen LogP contribution is -2.22. The minimum absolute atomic E-state index is 0.517. The van der Waals surface area contributed by atoms with E-state index >= 15 is 0 Å². The highest BCUT2D eigenvalue weighted by atomic mass is 79.9. The average Bonchev–Trinajstić information content (AvgIpc) is 2.30. The summed E-state index contributed by atoms with van der Waals surface area (Å²) in [5.74, 6) is 0. The minimum Gasteiger partial charge on any atom is -0.310 e. The lowest BCUT2D eigenvalue weighted by atomic mass is 9.97. The zero-order valence-electron chi connectivity index (χ0n) is 11.2.